The lowest BCUT2D eigenvalue weighted by atomic mass is 9.82. The minimum absolute atomic E-state index is 0.246. The molecule has 1 aliphatic heterocycles. The molecule has 3 aromatic carbocycles. The van der Waals surface area contributed by atoms with Crippen LogP contribution >= 0.6 is 0 Å². The molecule has 1 aliphatic carbocycles. The second-order valence-electron chi connectivity index (χ2n) is 9.33. The van der Waals surface area contributed by atoms with Crippen molar-refractivity contribution in [2.24, 2.45) is 5.92 Å². The van der Waals surface area contributed by atoms with Crippen molar-refractivity contribution >= 4 is 33.4 Å². The molecule has 0 unspecified atom stereocenters. The molecule has 31 heavy (non-hydrogen) atoms. The normalized spacial score (nSPS) is 18.5. The third-order valence-electron chi connectivity index (χ3n) is 7.76. The lowest BCUT2D eigenvalue weighted by Gasteiger charge is -2.40. The maximum Gasteiger partial charge on any atom is 0.253 e. The Balaban J connectivity index is 1.61. The van der Waals surface area contributed by atoms with Gasteiger partial charge in [0.25, 0.3) is 5.91 Å². The number of amides is 1. The van der Waals surface area contributed by atoms with Gasteiger partial charge in [0.2, 0.25) is 0 Å². The van der Waals surface area contributed by atoms with Crippen LogP contribution in [0.1, 0.15) is 38.2 Å². The van der Waals surface area contributed by atoms with Gasteiger partial charge < -0.3 is 9.47 Å². The summed E-state index contributed by atoms with van der Waals surface area (Å²) in [5.41, 5.74) is 4.10. The standard InChI is InChI=1S/C28H28N2O/c1-28(21-11-3-4-12-21,27(31)29-19-18-20-10-2-7-15-24(20)29)30-25-16-8-5-13-22(25)23-14-6-9-17-26(23)30/h2,5-10,13-17,21H,3-4,11-12,18-19H2,1H3/t28-/m1/s1. The molecule has 2 aliphatic rings. The van der Waals surface area contributed by atoms with Crippen LogP contribution in [0.4, 0.5) is 5.69 Å². The van der Waals surface area contributed by atoms with E-state index >= 15 is 0 Å². The summed E-state index contributed by atoms with van der Waals surface area (Å²) in [6.45, 7) is 2.99. The Labute approximate surface area is 183 Å². The van der Waals surface area contributed by atoms with E-state index in [1.807, 2.05) is 0 Å². The quantitative estimate of drug-likeness (QED) is 0.391. The number of nitrogens with zero attached hydrogens (tertiary/aromatic N) is 2. The highest BCUT2D eigenvalue weighted by atomic mass is 16.2. The lowest BCUT2D eigenvalue weighted by Crippen LogP contribution is -2.52. The number of carbonyl (C=O) groups excluding carboxylic acids is 1. The van der Waals surface area contributed by atoms with Gasteiger partial charge in [0.1, 0.15) is 5.54 Å². The number of anilines is 1. The Bertz CT molecular complexity index is 1240. The Kier molecular flexibility index (Phi) is 4.21. The van der Waals surface area contributed by atoms with Crippen molar-refractivity contribution < 1.29 is 4.79 Å². The van der Waals surface area contributed by atoms with Gasteiger partial charge in [-0.1, -0.05) is 67.4 Å². The predicted octanol–water partition coefficient (Wildman–Crippen LogP) is 6.29. The van der Waals surface area contributed by atoms with Gasteiger partial charge in [-0.25, -0.2) is 0 Å². The van der Waals surface area contributed by atoms with Gasteiger partial charge in [0.15, 0.2) is 0 Å². The lowest BCUT2D eigenvalue weighted by molar-refractivity contribution is -0.128. The van der Waals surface area contributed by atoms with Crippen LogP contribution in [-0.2, 0) is 16.8 Å². The van der Waals surface area contributed by atoms with E-state index in [-0.39, 0.29) is 5.91 Å². The largest absolute Gasteiger partial charge is 0.325 e. The topological polar surface area (TPSA) is 25.2 Å². The molecule has 1 fully saturated rings. The van der Waals surface area contributed by atoms with Crippen molar-refractivity contribution in [2.75, 3.05) is 11.4 Å². The highest BCUT2D eigenvalue weighted by Gasteiger charge is 2.48. The van der Waals surface area contributed by atoms with Gasteiger partial charge in [-0.15, -0.1) is 0 Å². The van der Waals surface area contributed by atoms with Crippen LogP contribution in [0.15, 0.2) is 72.8 Å². The Morgan fingerprint density at radius 1 is 0.839 bits per heavy atom. The summed E-state index contributed by atoms with van der Waals surface area (Å²) in [7, 11) is 0. The molecular formula is C28H28N2O. The Hall–Kier alpha value is -3.07. The number of rotatable bonds is 3. The number of para-hydroxylation sites is 3. The van der Waals surface area contributed by atoms with Gasteiger partial charge in [0, 0.05) is 23.0 Å². The smallest absolute Gasteiger partial charge is 0.253 e. The fourth-order valence-corrected chi connectivity index (χ4v) is 6.19. The molecule has 3 heteroatoms. The van der Waals surface area contributed by atoms with E-state index in [0.29, 0.717) is 5.92 Å². The number of aromatic nitrogens is 1. The number of carbonyl (C=O) groups is 1. The molecule has 0 N–H and O–H groups in total. The third kappa shape index (κ3) is 2.62. The number of hydrogen-bond donors (Lipinski definition) is 0. The second-order valence-corrected chi connectivity index (χ2v) is 9.33. The van der Waals surface area contributed by atoms with Gasteiger partial charge in [-0.3, -0.25) is 4.79 Å². The third-order valence-corrected chi connectivity index (χ3v) is 7.76. The number of benzene rings is 3. The first kappa shape index (κ1) is 18.7. The first-order valence-corrected chi connectivity index (χ1v) is 11.6. The van der Waals surface area contributed by atoms with Crippen LogP contribution in [0.2, 0.25) is 0 Å². The SMILES string of the molecule is C[C@](C(=O)N1CCc2ccccc21)(C1CCCC1)n1c2ccccc2c2ccccc21. The molecule has 6 rings (SSSR count). The predicted molar refractivity (Wildman–Crippen MR) is 128 cm³/mol. The minimum Gasteiger partial charge on any atom is -0.325 e. The van der Waals surface area contributed by atoms with Crippen LogP contribution in [-0.4, -0.2) is 17.0 Å². The monoisotopic (exact) mass is 408 g/mol. The molecule has 4 aromatic rings. The van der Waals surface area contributed by atoms with Crippen molar-refractivity contribution in [2.45, 2.75) is 44.6 Å². The zero-order valence-corrected chi connectivity index (χ0v) is 18.1. The maximum atomic E-state index is 14.5. The van der Waals surface area contributed by atoms with Crippen LogP contribution in [0.5, 0.6) is 0 Å². The van der Waals surface area contributed by atoms with Crippen LogP contribution in [0.3, 0.4) is 0 Å². The number of hydrogen-bond acceptors (Lipinski definition) is 1. The zero-order chi connectivity index (χ0) is 21.0. The Morgan fingerprint density at radius 2 is 1.42 bits per heavy atom. The first-order chi connectivity index (χ1) is 15.2. The summed E-state index contributed by atoms with van der Waals surface area (Å²) in [5, 5.41) is 2.47. The van der Waals surface area contributed by atoms with Crippen molar-refractivity contribution in [3.05, 3.63) is 78.4 Å². The second kappa shape index (κ2) is 6.98. The van der Waals surface area contributed by atoms with Crippen molar-refractivity contribution in [1.82, 2.24) is 4.57 Å². The number of fused-ring (bicyclic) bond motifs is 4. The molecule has 3 nitrogen and oxygen atoms in total. The Morgan fingerprint density at radius 3 is 2.10 bits per heavy atom. The van der Waals surface area contributed by atoms with E-state index in [0.717, 1.165) is 31.5 Å². The summed E-state index contributed by atoms with van der Waals surface area (Å²) in [5.74, 6) is 0.586. The molecular weight excluding hydrogens is 380 g/mol. The zero-order valence-electron chi connectivity index (χ0n) is 18.1. The molecule has 1 atom stereocenters. The summed E-state index contributed by atoms with van der Waals surface area (Å²) in [4.78, 5) is 16.6. The maximum absolute atomic E-state index is 14.5. The highest BCUT2D eigenvalue weighted by molar-refractivity contribution is 6.11. The highest BCUT2D eigenvalue weighted by Crippen LogP contribution is 2.46. The summed E-state index contributed by atoms with van der Waals surface area (Å²) in [6.07, 6.45) is 5.58. The van der Waals surface area contributed by atoms with E-state index in [1.54, 1.807) is 0 Å². The van der Waals surface area contributed by atoms with Crippen molar-refractivity contribution in [3.63, 3.8) is 0 Å². The molecule has 0 spiro atoms. The molecule has 1 aromatic heterocycles. The van der Waals surface area contributed by atoms with Gasteiger partial charge >= 0.3 is 0 Å². The van der Waals surface area contributed by atoms with Crippen LogP contribution in [0.25, 0.3) is 21.8 Å². The molecule has 2 heterocycles. The summed E-state index contributed by atoms with van der Waals surface area (Å²) in [6, 6.07) is 25.6. The van der Waals surface area contributed by atoms with E-state index in [2.05, 4.69) is 89.2 Å². The summed E-state index contributed by atoms with van der Waals surface area (Å²) < 4.78 is 2.39. The van der Waals surface area contributed by atoms with Crippen molar-refractivity contribution in [1.29, 1.82) is 0 Å². The first-order valence-electron chi connectivity index (χ1n) is 11.6. The minimum atomic E-state index is -0.614. The summed E-state index contributed by atoms with van der Waals surface area (Å²) >= 11 is 0. The average molecular weight is 409 g/mol. The molecule has 0 saturated heterocycles. The fourth-order valence-electron chi connectivity index (χ4n) is 6.19. The molecule has 1 amide bonds. The van der Waals surface area contributed by atoms with E-state index < -0.39 is 5.54 Å². The molecule has 1 saturated carbocycles. The van der Waals surface area contributed by atoms with Gasteiger partial charge in [0.05, 0.1) is 11.0 Å². The van der Waals surface area contributed by atoms with E-state index in [1.165, 1.54) is 40.2 Å². The molecule has 156 valence electrons. The van der Waals surface area contributed by atoms with Crippen LogP contribution < -0.4 is 4.90 Å². The van der Waals surface area contributed by atoms with Gasteiger partial charge in [-0.2, -0.15) is 0 Å². The van der Waals surface area contributed by atoms with E-state index in [4.69, 9.17) is 0 Å². The van der Waals surface area contributed by atoms with Crippen molar-refractivity contribution in [3.8, 4) is 0 Å². The van der Waals surface area contributed by atoms with E-state index in [9.17, 15) is 4.79 Å². The van der Waals surface area contributed by atoms with Crippen LogP contribution in [0, 0.1) is 5.92 Å². The van der Waals surface area contributed by atoms with Gasteiger partial charge in [-0.05, 0) is 55.9 Å². The molecule has 0 bridgehead atoms. The fraction of sp³-hybridized carbons (Fsp3) is 0.321. The average Bonchev–Trinajstić information content (AvgIpc) is 3.56. The molecule has 0 radical (unpaired) electrons.